The zero-order valence-electron chi connectivity index (χ0n) is 16.0. The van der Waals surface area contributed by atoms with Crippen LogP contribution in [-0.2, 0) is 4.43 Å². The fourth-order valence-electron chi connectivity index (χ4n) is 5.27. The van der Waals surface area contributed by atoms with Gasteiger partial charge in [-0.05, 0) is 61.1 Å². The highest BCUT2D eigenvalue weighted by molar-refractivity contribution is 14.1. The van der Waals surface area contributed by atoms with Gasteiger partial charge in [0.2, 0.25) is 0 Å². The van der Waals surface area contributed by atoms with Crippen LogP contribution >= 0.6 is 22.6 Å². The lowest BCUT2D eigenvalue weighted by molar-refractivity contribution is 0.0176. The molecule has 2 aliphatic rings. The molecule has 0 aromatic rings. The molecule has 0 aromatic heterocycles. The number of hydrogen-bond acceptors (Lipinski definition) is 1. The van der Waals surface area contributed by atoms with Crippen LogP contribution in [0.3, 0.4) is 0 Å². The van der Waals surface area contributed by atoms with Crippen LogP contribution in [0.25, 0.3) is 0 Å². The van der Waals surface area contributed by atoms with Crippen molar-refractivity contribution in [2.75, 3.05) is 4.43 Å². The van der Waals surface area contributed by atoms with Crippen molar-refractivity contribution in [3.05, 3.63) is 11.6 Å². The van der Waals surface area contributed by atoms with Crippen LogP contribution in [0.1, 0.15) is 66.7 Å². The Morgan fingerprint density at radius 3 is 2.52 bits per heavy atom. The lowest BCUT2D eigenvalue weighted by Gasteiger charge is -2.48. The molecule has 0 aromatic carbocycles. The van der Waals surface area contributed by atoms with E-state index in [-0.39, 0.29) is 0 Å². The van der Waals surface area contributed by atoms with E-state index in [4.69, 9.17) is 4.43 Å². The van der Waals surface area contributed by atoms with Crippen molar-refractivity contribution < 1.29 is 4.43 Å². The second-order valence-corrected chi connectivity index (χ2v) is 13.9. The fraction of sp³-hybridized carbons (Fsp3) is 0.900. The Kier molecular flexibility index (Phi) is 7.25. The zero-order chi connectivity index (χ0) is 17.1. The zero-order valence-corrected chi connectivity index (χ0v) is 19.1. The van der Waals surface area contributed by atoms with Gasteiger partial charge in [-0.25, -0.2) is 0 Å². The van der Waals surface area contributed by atoms with Gasteiger partial charge in [0, 0.05) is 10.5 Å². The summed E-state index contributed by atoms with van der Waals surface area (Å²) in [6.07, 6.45) is 9.77. The molecule has 134 valence electrons. The van der Waals surface area contributed by atoms with E-state index in [1.54, 1.807) is 5.57 Å². The molecule has 23 heavy (non-hydrogen) atoms. The van der Waals surface area contributed by atoms with Crippen LogP contribution in [-0.4, -0.2) is 18.8 Å². The molecule has 2 rings (SSSR count). The molecule has 4 atom stereocenters. The molecule has 0 N–H and O–H groups in total. The molecule has 1 saturated carbocycles. The Balaban J connectivity index is 2.16. The summed E-state index contributed by atoms with van der Waals surface area (Å²) < 4.78 is 8.27. The Hall–Kier alpha value is 0.647. The molecule has 1 nitrogen and oxygen atoms in total. The van der Waals surface area contributed by atoms with E-state index in [1.807, 2.05) is 0 Å². The first-order valence-electron chi connectivity index (χ1n) is 9.90. The number of allylic oxidation sites excluding steroid dienone is 2. The first-order chi connectivity index (χ1) is 11.0. The summed E-state index contributed by atoms with van der Waals surface area (Å²) in [6, 6.07) is 3.85. The maximum atomic E-state index is 7.00. The Bertz CT molecular complexity index is 410. The average Bonchev–Trinajstić information content (AvgIpc) is 2.91. The minimum Gasteiger partial charge on any atom is -0.414 e. The van der Waals surface area contributed by atoms with Crippen molar-refractivity contribution in [1.82, 2.24) is 0 Å². The van der Waals surface area contributed by atoms with Gasteiger partial charge >= 0.3 is 0 Å². The number of alkyl halides is 1. The second-order valence-electron chi connectivity index (χ2n) is 8.09. The van der Waals surface area contributed by atoms with Crippen LogP contribution < -0.4 is 0 Å². The molecule has 0 saturated heterocycles. The van der Waals surface area contributed by atoms with E-state index in [0.29, 0.717) is 11.5 Å². The van der Waals surface area contributed by atoms with Crippen LogP contribution in [0.2, 0.25) is 18.1 Å². The van der Waals surface area contributed by atoms with Gasteiger partial charge in [0.25, 0.3) is 0 Å². The van der Waals surface area contributed by atoms with E-state index < -0.39 is 8.32 Å². The van der Waals surface area contributed by atoms with E-state index >= 15 is 0 Å². The highest BCUT2D eigenvalue weighted by atomic mass is 127. The summed E-state index contributed by atoms with van der Waals surface area (Å²) in [5, 5.41) is 0. The van der Waals surface area contributed by atoms with Gasteiger partial charge in [0.15, 0.2) is 8.32 Å². The van der Waals surface area contributed by atoms with Crippen molar-refractivity contribution >= 4 is 30.9 Å². The minimum atomic E-state index is -1.49. The first-order valence-corrected chi connectivity index (χ1v) is 14.0. The van der Waals surface area contributed by atoms with Crippen LogP contribution in [0, 0.1) is 17.3 Å². The van der Waals surface area contributed by atoms with Gasteiger partial charge in [-0.2, -0.15) is 0 Å². The normalized spacial score (nSPS) is 32.5. The Morgan fingerprint density at radius 1 is 1.30 bits per heavy atom. The third-order valence-electron chi connectivity index (χ3n) is 7.11. The number of halogens is 1. The maximum Gasteiger partial charge on any atom is 0.192 e. The molecule has 1 fully saturated rings. The van der Waals surface area contributed by atoms with Crippen molar-refractivity contribution in [3.63, 3.8) is 0 Å². The van der Waals surface area contributed by atoms with E-state index in [9.17, 15) is 0 Å². The Morgan fingerprint density at radius 2 is 1.96 bits per heavy atom. The summed E-state index contributed by atoms with van der Waals surface area (Å²) in [5.74, 6) is 1.51. The molecule has 0 spiro atoms. The quantitative estimate of drug-likeness (QED) is 0.169. The highest BCUT2D eigenvalue weighted by Crippen LogP contribution is 2.56. The number of fused-ring (bicyclic) bond motifs is 1. The van der Waals surface area contributed by atoms with Crippen LogP contribution in [0.15, 0.2) is 11.6 Å². The SMILES string of the molecule is CC[Si](CC)(CC)O[C@H]1CCC[C@]2(C)C([C@H](C)CCI)=CC[C@@H]12. The molecule has 0 bridgehead atoms. The molecule has 0 unspecified atom stereocenters. The standard InChI is InChI=1S/C20H37IOSi/c1-6-23(7-2,8-3)22-19-10-9-14-20(5)17(11-12-18(19)20)16(4)13-15-21/h11,16,18-19H,6-10,12-15H2,1-5H3/t16-,18+,19+,20-/m1/s1. The third kappa shape index (κ3) is 3.92. The summed E-state index contributed by atoms with van der Waals surface area (Å²) in [7, 11) is -1.49. The van der Waals surface area contributed by atoms with Gasteiger partial charge < -0.3 is 4.43 Å². The van der Waals surface area contributed by atoms with E-state index in [1.165, 1.54) is 54.7 Å². The van der Waals surface area contributed by atoms with E-state index in [0.717, 1.165) is 11.8 Å². The van der Waals surface area contributed by atoms with Crippen molar-refractivity contribution in [2.24, 2.45) is 17.3 Å². The van der Waals surface area contributed by atoms with Gasteiger partial charge in [0.1, 0.15) is 0 Å². The first kappa shape index (κ1) is 20.0. The maximum absolute atomic E-state index is 7.00. The summed E-state index contributed by atoms with van der Waals surface area (Å²) in [4.78, 5) is 0. The molecule has 0 heterocycles. The monoisotopic (exact) mass is 448 g/mol. The molecular formula is C20H37IOSi. The third-order valence-corrected chi connectivity index (χ3v) is 12.4. The number of hydrogen-bond donors (Lipinski definition) is 0. The second kappa shape index (κ2) is 8.35. The van der Waals surface area contributed by atoms with Crippen molar-refractivity contribution in [1.29, 1.82) is 0 Å². The van der Waals surface area contributed by atoms with Crippen molar-refractivity contribution in [3.8, 4) is 0 Å². The molecule has 0 aliphatic heterocycles. The predicted octanol–water partition coefficient (Wildman–Crippen LogP) is 6.97. The summed E-state index contributed by atoms with van der Waals surface area (Å²) >= 11 is 2.53. The number of rotatable bonds is 8. The predicted molar refractivity (Wildman–Crippen MR) is 113 cm³/mol. The van der Waals surface area contributed by atoms with Gasteiger partial charge in [-0.3, -0.25) is 0 Å². The van der Waals surface area contributed by atoms with Gasteiger partial charge in [0.05, 0.1) is 0 Å². The molecule has 0 radical (unpaired) electrons. The lowest BCUT2D eigenvalue weighted by Crippen LogP contribution is -2.48. The minimum absolute atomic E-state index is 0.420. The fourth-order valence-corrected chi connectivity index (χ4v) is 9.13. The molecule has 0 amide bonds. The molecular weight excluding hydrogens is 411 g/mol. The highest BCUT2D eigenvalue weighted by Gasteiger charge is 2.50. The largest absolute Gasteiger partial charge is 0.414 e. The summed E-state index contributed by atoms with van der Waals surface area (Å²) in [5.41, 5.74) is 2.19. The lowest BCUT2D eigenvalue weighted by atomic mass is 9.63. The topological polar surface area (TPSA) is 9.23 Å². The Labute approximate surface area is 159 Å². The van der Waals surface area contributed by atoms with E-state index in [2.05, 4.69) is 63.3 Å². The van der Waals surface area contributed by atoms with Gasteiger partial charge in [-0.1, -0.05) is 75.3 Å². The van der Waals surface area contributed by atoms with Crippen LogP contribution in [0.4, 0.5) is 0 Å². The smallest absolute Gasteiger partial charge is 0.192 e. The summed E-state index contributed by atoms with van der Waals surface area (Å²) in [6.45, 7) is 12.1. The molecule has 3 heteroatoms. The van der Waals surface area contributed by atoms with Crippen molar-refractivity contribution in [2.45, 2.75) is 91.0 Å². The van der Waals surface area contributed by atoms with Gasteiger partial charge in [-0.15, -0.1) is 0 Å². The van der Waals surface area contributed by atoms with Crippen LogP contribution in [0.5, 0.6) is 0 Å². The molecule has 2 aliphatic carbocycles. The average molecular weight is 449 g/mol.